The Kier molecular flexibility index (Phi) is 14.7. The van der Waals surface area contributed by atoms with Crippen LogP contribution in [0.4, 0.5) is 9.59 Å². The van der Waals surface area contributed by atoms with Gasteiger partial charge in [-0.05, 0) is 41.1 Å². The molecule has 0 radical (unpaired) electrons. The molecular weight excluding hydrogens is 675 g/mol. The lowest BCUT2D eigenvalue weighted by molar-refractivity contribution is -0.125. The lowest BCUT2D eigenvalue weighted by Gasteiger charge is -2.30. The van der Waals surface area contributed by atoms with Crippen LogP contribution >= 0.6 is 22.9 Å². The molecule has 0 spiro atoms. The minimum absolute atomic E-state index is 0.0138. The van der Waals surface area contributed by atoms with Gasteiger partial charge in [0.2, 0.25) is 5.91 Å². The van der Waals surface area contributed by atoms with Gasteiger partial charge in [-0.1, -0.05) is 88.4 Å². The number of carbonyl (C=O) groups excluding carboxylic acids is 3. The number of hydrogen-bond donors (Lipinski definition) is 5. The molecular formula is C36H47N7O5S2. The molecule has 4 atom stereocenters. The van der Waals surface area contributed by atoms with E-state index in [0.29, 0.717) is 18.9 Å². The van der Waals surface area contributed by atoms with Crippen molar-refractivity contribution in [2.75, 3.05) is 13.6 Å². The first-order valence-corrected chi connectivity index (χ1v) is 18.2. The minimum Gasteiger partial charge on any atom is -0.444 e. The summed E-state index contributed by atoms with van der Waals surface area (Å²) in [6.45, 7) is 8.27. The number of thiazole rings is 1. The van der Waals surface area contributed by atoms with Crippen molar-refractivity contribution in [2.24, 2.45) is 5.92 Å². The van der Waals surface area contributed by atoms with Crippen molar-refractivity contribution in [1.29, 1.82) is 0 Å². The van der Waals surface area contributed by atoms with Gasteiger partial charge in [-0.15, -0.1) is 11.3 Å². The summed E-state index contributed by atoms with van der Waals surface area (Å²) in [5, 5.41) is 26.3. The number of nitrogens with zero attached hydrogens (tertiary/aromatic N) is 3. The number of nitrogens with one attached hydrogen (secondary N) is 4. The highest BCUT2D eigenvalue weighted by atomic mass is 32.1. The summed E-state index contributed by atoms with van der Waals surface area (Å²) in [5.41, 5.74) is 2.46. The fourth-order valence-corrected chi connectivity index (χ4v) is 6.38. The standard InChI is InChI=1S/C36H47N7O5S2/c1-23(2)31(41-35(46)43(5)20-27-22-49-34(39-27)24(3)4)33(45)42-32(26-14-10-7-11-15-26)37-19-30(44)29(18-25-12-8-6-9-13-25)40-36(47)48-21-28-16-17-38-50-28/h6-17,22-24,29-32,37,44H,18-21H2,1-5H3,(H,40,47)(H,41,46)(H,42,45)/t29-,30-,31?,32?/m0/s1. The zero-order valence-corrected chi connectivity index (χ0v) is 30.7. The molecule has 0 bridgehead atoms. The molecule has 0 fully saturated rings. The molecule has 0 aliphatic rings. The normalized spacial score (nSPS) is 13.7. The van der Waals surface area contributed by atoms with E-state index in [4.69, 9.17) is 4.74 Å². The molecule has 4 rings (SSSR count). The van der Waals surface area contributed by atoms with Gasteiger partial charge in [0.05, 0.1) is 34.3 Å². The van der Waals surface area contributed by atoms with Crippen molar-refractivity contribution in [2.45, 2.75) is 77.5 Å². The predicted octanol–water partition coefficient (Wildman–Crippen LogP) is 5.19. The van der Waals surface area contributed by atoms with E-state index in [0.717, 1.165) is 26.7 Å². The lowest BCUT2D eigenvalue weighted by atomic mass is 10.0. The molecule has 14 heteroatoms. The van der Waals surface area contributed by atoms with E-state index in [2.05, 4.69) is 44.5 Å². The molecule has 0 saturated heterocycles. The predicted molar refractivity (Wildman–Crippen MR) is 196 cm³/mol. The van der Waals surface area contributed by atoms with Crippen molar-refractivity contribution < 1.29 is 24.2 Å². The third-order valence-corrected chi connectivity index (χ3v) is 9.80. The topological polar surface area (TPSA) is 158 Å². The molecule has 4 amide bonds. The first-order chi connectivity index (χ1) is 24.0. The van der Waals surface area contributed by atoms with Crippen molar-refractivity contribution in [1.82, 2.24) is 35.5 Å². The fraction of sp³-hybridized carbons (Fsp3) is 0.417. The summed E-state index contributed by atoms with van der Waals surface area (Å²) >= 11 is 2.81. The number of aromatic nitrogens is 2. The summed E-state index contributed by atoms with van der Waals surface area (Å²) in [5.74, 6) is -0.313. The minimum atomic E-state index is -1.06. The van der Waals surface area contributed by atoms with Crippen molar-refractivity contribution in [3.8, 4) is 0 Å². The van der Waals surface area contributed by atoms with Gasteiger partial charge in [0.1, 0.15) is 18.8 Å². The Morgan fingerprint density at radius 1 is 0.940 bits per heavy atom. The van der Waals surface area contributed by atoms with Crippen LogP contribution in [0.25, 0.3) is 0 Å². The third kappa shape index (κ3) is 11.9. The Bertz CT molecular complexity index is 1620. The van der Waals surface area contributed by atoms with Crippen molar-refractivity contribution in [3.05, 3.63) is 105 Å². The van der Waals surface area contributed by atoms with Crippen LogP contribution in [-0.2, 0) is 29.1 Å². The van der Waals surface area contributed by atoms with Gasteiger partial charge in [0.15, 0.2) is 0 Å². The van der Waals surface area contributed by atoms with Gasteiger partial charge in [0.25, 0.3) is 0 Å². The van der Waals surface area contributed by atoms with E-state index >= 15 is 0 Å². The molecule has 2 unspecified atom stereocenters. The van der Waals surface area contributed by atoms with E-state index < -0.39 is 36.5 Å². The average Bonchev–Trinajstić information content (AvgIpc) is 3.81. The second-order valence-electron chi connectivity index (χ2n) is 12.7. The maximum absolute atomic E-state index is 13.8. The highest BCUT2D eigenvalue weighted by Gasteiger charge is 2.29. The lowest BCUT2D eigenvalue weighted by Crippen LogP contribution is -2.55. The number of aliphatic hydroxyl groups is 1. The first kappa shape index (κ1) is 38.4. The quantitative estimate of drug-likeness (QED) is 0.0933. The molecule has 12 nitrogen and oxygen atoms in total. The summed E-state index contributed by atoms with van der Waals surface area (Å²) in [6.07, 6.45) is -0.462. The Morgan fingerprint density at radius 3 is 2.26 bits per heavy atom. The summed E-state index contributed by atoms with van der Waals surface area (Å²) in [6, 6.07) is 18.6. The highest BCUT2D eigenvalue weighted by Crippen LogP contribution is 2.20. The molecule has 0 aliphatic carbocycles. The SMILES string of the molecule is CC(C)c1nc(CN(C)C(=O)NC(C(=O)NC(NC[C@H](O)[C@H](Cc2ccccc2)NC(=O)OCc2ccns2)c2ccccc2)C(C)C)cs1. The molecule has 5 N–H and O–H groups in total. The number of amides is 4. The molecule has 2 aromatic heterocycles. The summed E-state index contributed by atoms with van der Waals surface area (Å²) in [7, 11) is 1.67. The van der Waals surface area contributed by atoms with Crippen molar-refractivity contribution >= 4 is 40.9 Å². The van der Waals surface area contributed by atoms with Crippen LogP contribution in [-0.4, -0.2) is 69.2 Å². The Balaban J connectivity index is 1.42. The van der Waals surface area contributed by atoms with E-state index in [9.17, 15) is 19.5 Å². The molecule has 2 aromatic carbocycles. The molecule has 0 aliphatic heterocycles. The molecule has 2 heterocycles. The summed E-state index contributed by atoms with van der Waals surface area (Å²) in [4.78, 5) is 46.7. The van der Waals surface area contributed by atoms with Crippen LogP contribution in [0.1, 0.15) is 66.5 Å². The molecule has 0 saturated carbocycles. The van der Waals surface area contributed by atoms with E-state index in [1.54, 1.807) is 30.6 Å². The number of rotatable bonds is 17. The second-order valence-corrected chi connectivity index (χ2v) is 14.5. The maximum atomic E-state index is 13.8. The maximum Gasteiger partial charge on any atom is 0.407 e. The van der Waals surface area contributed by atoms with E-state index in [-0.39, 0.29) is 25.0 Å². The number of carbonyl (C=O) groups is 3. The number of hydrogen-bond acceptors (Lipinski definition) is 10. The highest BCUT2D eigenvalue weighted by molar-refractivity contribution is 7.09. The Labute approximate surface area is 301 Å². The third-order valence-electron chi connectivity index (χ3n) is 7.89. The number of aliphatic hydroxyl groups excluding tert-OH is 1. The Morgan fingerprint density at radius 2 is 1.64 bits per heavy atom. The first-order valence-electron chi connectivity index (χ1n) is 16.6. The summed E-state index contributed by atoms with van der Waals surface area (Å²) < 4.78 is 9.41. The fourth-order valence-electron chi connectivity index (χ4n) is 5.06. The van der Waals surface area contributed by atoms with Gasteiger partial charge >= 0.3 is 12.1 Å². The zero-order chi connectivity index (χ0) is 36.0. The van der Waals surface area contributed by atoms with Crippen LogP contribution in [0.2, 0.25) is 0 Å². The number of benzene rings is 2. The molecule has 4 aromatic rings. The van der Waals surface area contributed by atoms with Crippen LogP contribution in [0.3, 0.4) is 0 Å². The number of urea groups is 1. The Hall–Kier alpha value is -4.37. The van der Waals surface area contributed by atoms with Gasteiger partial charge in [-0.3, -0.25) is 10.1 Å². The largest absolute Gasteiger partial charge is 0.444 e. The van der Waals surface area contributed by atoms with Crippen LogP contribution in [0.15, 0.2) is 78.3 Å². The van der Waals surface area contributed by atoms with Crippen LogP contribution in [0, 0.1) is 5.92 Å². The van der Waals surface area contributed by atoms with Gasteiger partial charge in [-0.25, -0.2) is 18.9 Å². The average molecular weight is 722 g/mol. The number of alkyl carbamates (subject to hydrolysis) is 1. The second kappa shape index (κ2) is 19.1. The zero-order valence-electron chi connectivity index (χ0n) is 29.0. The monoisotopic (exact) mass is 721 g/mol. The molecule has 268 valence electrons. The smallest absolute Gasteiger partial charge is 0.407 e. The van der Waals surface area contributed by atoms with Gasteiger partial charge < -0.3 is 30.7 Å². The van der Waals surface area contributed by atoms with Gasteiger partial charge in [0, 0.05) is 31.1 Å². The van der Waals surface area contributed by atoms with Gasteiger partial charge in [-0.2, -0.15) is 0 Å². The van der Waals surface area contributed by atoms with E-state index in [1.165, 1.54) is 16.4 Å². The molecule has 50 heavy (non-hydrogen) atoms. The van der Waals surface area contributed by atoms with Crippen molar-refractivity contribution in [3.63, 3.8) is 0 Å². The van der Waals surface area contributed by atoms with E-state index in [1.807, 2.05) is 79.9 Å². The van der Waals surface area contributed by atoms with Crippen LogP contribution < -0.4 is 21.3 Å². The van der Waals surface area contributed by atoms with Crippen LogP contribution in [0.5, 0.6) is 0 Å². The number of ether oxygens (including phenoxy) is 1.